The van der Waals surface area contributed by atoms with Crippen LogP contribution in [0.25, 0.3) is 0 Å². The van der Waals surface area contributed by atoms with Crippen LogP contribution in [-0.2, 0) is 9.59 Å². The second kappa shape index (κ2) is 9.68. The topological polar surface area (TPSA) is 206 Å². The number of rotatable bonds is 9. The summed E-state index contributed by atoms with van der Waals surface area (Å²) >= 11 is 0. The maximum Gasteiger partial charge on any atom is 0.327 e. The van der Waals surface area contributed by atoms with Gasteiger partial charge in [0.25, 0.3) is 11.5 Å². The highest BCUT2D eigenvalue weighted by Gasteiger charge is 2.22. The lowest BCUT2D eigenvalue weighted by molar-refractivity contribution is -0.140. The van der Waals surface area contributed by atoms with Crippen molar-refractivity contribution in [1.29, 1.82) is 0 Å². The Balaban J connectivity index is 1.55. The van der Waals surface area contributed by atoms with Crippen LogP contribution in [0.3, 0.4) is 0 Å². The third kappa shape index (κ3) is 5.65. The average molecular weight is 446 g/mol. The Kier molecular flexibility index (Phi) is 6.77. The molecule has 0 saturated heterocycles. The van der Waals surface area contributed by atoms with Gasteiger partial charge in [0.1, 0.15) is 17.5 Å². The fourth-order valence-corrected chi connectivity index (χ4v) is 3.11. The molecule has 8 N–H and O–H groups in total. The molecule has 0 bridgehead atoms. The summed E-state index contributed by atoms with van der Waals surface area (Å²) in [5.74, 6) is -2.76. The van der Waals surface area contributed by atoms with E-state index in [4.69, 9.17) is 10.2 Å². The number of aromatic nitrogens is 2. The molecule has 13 nitrogen and oxygen atoms in total. The highest BCUT2D eigenvalue weighted by molar-refractivity contribution is 5.96. The molecule has 0 saturated carbocycles. The molecule has 1 aliphatic heterocycles. The summed E-state index contributed by atoms with van der Waals surface area (Å²) < 4.78 is 0. The van der Waals surface area contributed by atoms with Gasteiger partial charge in [-0.25, -0.2) is 9.59 Å². The first-order valence-electron chi connectivity index (χ1n) is 9.69. The highest BCUT2D eigenvalue weighted by atomic mass is 16.4. The summed E-state index contributed by atoms with van der Waals surface area (Å²) in [7, 11) is 0. The van der Waals surface area contributed by atoms with E-state index in [1.165, 1.54) is 12.1 Å². The number of fused-ring (bicyclic) bond motifs is 1. The van der Waals surface area contributed by atoms with E-state index in [1.807, 2.05) is 0 Å². The number of aliphatic carboxylic acids is 2. The van der Waals surface area contributed by atoms with Crippen molar-refractivity contribution >= 4 is 35.0 Å². The molecule has 170 valence electrons. The molecule has 1 aromatic heterocycles. The number of carbonyl (C=O) groups excluding carboxylic acids is 1. The van der Waals surface area contributed by atoms with Crippen molar-refractivity contribution < 1.29 is 24.6 Å². The lowest BCUT2D eigenvalue weighted by Gasteiger charge is -2.27. The van der Waals surface area contributed by atoms with Gasteiger partial charge in [-0.2, -0.15) is 0 Å². The number of anilines is 3. The van der Waals surface area contributed by atoms with E-state index in [2.05, 4.69) is 31.2 Å². The maximum absolute atomic E-state index is 12.3. The minimum Gasteiger partial charge on any atom is -0.481 e. The van der Waals surface area contributed by atoms with Crippen molar-refractivity contribution in [3.63, 3.8) is 0 Å². The first-order chi connectivity index (χ1) is 15.2. The predicted octanol–water partition coefficient (Wildman–Crippen LogP) is -0.571. The Morgan fingerprint density at radius 3 is 2.47 bits per heavy atom. The fourth-order valence-electron chi connectivity index (χ4n) is 3.11. The Bertz CT molecular complexity index is 1120. The van der Waals surface area contributed by atoms with Crippen LogP contribution in [-0.4, -0.2) is 63.2 Å². The molecule has 0 fully saturated rings. The van der Waals surface area contributed by atoms with Crippen LogP contribution in [0.4, 0.5) is 17.2 Å². The van der Waals surface area contributed by atoms with E-state index < -0.39 is 35.1 Å². The molecule has 0 spiro atoms. The molecule has 0 radical (unpaired) electrons. The first-order valence-corrected chi connectivity index (χ1v) is 9.69. The minimum absolute atomic E-state index is 0.164. The summed E-state index contributed by atoms with van der Waals surface area (Å²) in [4.78, 5) is 62.0. The smallest absolute Gasteiger partial charge is 0.327 e. The van der Waals surface area contributed by atoms with Gasteiger partial charge in [0.15, 0.2) is 0 Å². The van der Waals surface area contributed by atoms with Gasteiger partial charge in [0, 0.05) is 30.8 Å². The number of hydrogen-bond donors (Lipinski definition) is 8. The van der Waals surface area contributed by atoms with Crippen LogP contribution in [0.5, 0.6) is 0 Å². The first kappa shape index (κ1) is 22.4. The Morgan fingerprint density at radius 2 is 1.81 bits per heavy atom. The molecule has 2 heterocycles. The summed E-state index contributed by atoms with van der Waals surface area (Å²) in [6.45, 7) is 0.875. The number of amides is 1. The number of aromatic amines is 2. The standard InChI is InChI=1S/C19H22N6O7/c26-13(27)6-5-12(18(30)31)23-16(28)9-1-3-10(4-2-9)20-7-11-8-21-15-14(22-11)17(29)25-19(32)24-15/h1-4,11-12,20,22H,5-8H2,(H,23,28)(H,26,27)(H,30,31)(H3,21,24,25,29,32)/t11-,12-/m0/s1. The second-order valence-electron chi connectivity index (χ2n) is 7.14. The third-order valence-corrected chi connectivity index (χ3v) is 4.77. The van der Waals surface area contributed by atoms with E-state index in [0.717, 1.165) is 0 Å². The molecule has 1 aromatic carbocycles. The molecule has 2 atom stereocenters. The number of carbonyl (C=O) groups is 3. The van der Waals surface area contributed by atoms with Crippen LogP contribution < -0.4 is 32.5 Å². The van der Waals surface area contributed by atoms with Gasteiger partial charge in [-0.3, -0.25) is 24.4 Å². The van der Waals surface area contributed by atoms with Gasteiger partial charge in [0.2, 0.25) is 0 Å². The molecule has 13 heteroatoms. The van der Waals surface area contributed by atoms with Crippen LogP contribution in [0, 0.1) is 0 Å². The molecule has 32 heavy (non-hydrogen) atoms. The lowest BCUT2D eigenvalue weighted by atomic mass is 10.1. The van der Waals surface area contributed by atoms with Crippen LogP contribution in [0.15, 0.2) is 33.9 Å². The van der Waals surface area contributed by atoms with Gasteiger partial charge >= 0.3 is 17.6 Å². The number of carboxylic acid groups (broad SMARTS) is 2. The Labute approximate surface area is 180 Å². The van der Waals surface area contributed by atoms with Crippen molar-refractivity contribution in [3.05, 3.63) is 50.7 Å². The molecule has 1 amide bonds. The summed E-state index contributed by atoms with van der Waals surface area (Å²) in [6, 6.07) is 4.81. The minimum atomic E-state index is -1.31. The zero-order valence-corrected chi connectivity index (χ0v) is 16.7. The fraction of sp³-hybridized carbons (Fsp3) is 0.316. The van der Waals surface area contributed by atoms with Crippen LogP contribution in [0.1, 0.15) is 23.2 Å². The van der Waals surface area contributed by atoms with Crippen molar-refractivity contribution in [2.75, 3.05) is 29.0 Å². The van der Waals surface area contributed by atoms with Crippen molar-refractivity contribution in [2.24, 2.45) is 0 Å². The van der Waals surface area contributed by atoms with E-state index in [9.17, 15) is 24.0 Å². The van der Waals surface area contributed by atoms with E-state index in [0.29, 0.717) is 24.6 Å². The molecule has 0 unspecified atom stereocenters. The van der Waals surface area contributed by atoms with Crippen LogP contribution >= 0.6 is 0 Å². The number of hydrogen-bond acceptors (Lipinski definition) is 8. The van der Waals surface area contributed by atoms with E-state index >= 15 is 0 Å². The molecule has 1 aliphatic rings. The third-order valence-electron chi connectivity index (χ3n) is 4.77. The summed E-state index contributed by atoms with van der Waals surface area (Å²) in [5.41, 5.74) is 0.0226. The summed E-state index contributed by atoms with van der Waals surface area (Å²) in [6.07, 6.45) is -0.602. The van der Waals surface area contributed by atoms with Crippen molar-refractivity contribution in [3.8, 4) is 0 Å². The van der Waals surface area contributed by atoms with Gasteiger partial charge in [-0.1, -0.05) is 0 Å². The predicted molar refractivity (Wildman–Crippen MR) is 114 cm³/mol. The van der Waals surface area contributed by atoms with Gasteiger partial charge < -0.3 is 31.5 Å². The molecular weight excluding hydrogens is 424 g/mol. The van der Waals surface area contributed by atoms with Crippen LogP contribution in [0.2, 0.25) is 0 Å². The monoisotopic (exact) mass is 446 g/mol. The Hall–Kier alpha value is -4.29. The number of carboxylic acids is 2. The maximum atomic E-state index is 12.3. The van der Waals surface area contributed by atoms with E-state index in [1.54, 1.807) is 12.1 Å². The molecular formula is C19H22N6O7. The largest absolute Gasteiger partial charge is 0.481 e. The second-order valence-corrected chi connectivity index (χ2v) is 7.14. The van der Waals surface area contributed by atoms with Gasteiger partial charge in [-0.05, 0) is 30.7 Å². The van der Waals surface area contributed by atoms with Gasteiger partial charge in [0.05, 0.1) is 6.04 Å². The molecule has 0 aliphatic carbocycles. The number of benzene rings is 1. The zero-order chi connectivity index (χ0) is 23.3. The zero-order valence-electron chi connectivity index (χ0n) is 16.7. The SMILES string of the molecule is O=C(O)CC[C@H](NC(=O)c1ccc(NC[C@H]2CNc3[nH]c(=O)[nH]c(=O)c3N2)cc1)C(=O)O. The van der Waals surface area contributed by atoms with Crippen molar-refractivity contribution in [1.82, 2.24) is 15.3 Å². The lowest BCUT2D eigenvalue weighted by Crippen LogP contribution is -2.42. The molecule has 3 rings (SSSR count). The normalized spacial score (nSPS) is 15.4. The summed E-state index contributed by atoms with van der Waals surface area (Å²) in [5, 5.41) is 29.3. The number of H-pyrrole nitrogens is 2. The quantitative estimate of drug-likeness (QED) is 0.246. The van der Waals surface area contributed by atoms with Gasteiger partial charge in [-0.15, -0.1) is 0 Å². The average Bonchev–Trinajstić information content (AvgIpc) is 2.75. The Morgan fingerprint density at radius 1 is 1.09 bits per heavy atom. The number of nitrogens with one attached hydrogen (secondary N) is 6. The highest BCUT2D eigenvalue weighted by Crippen LogP contribution is 2.18. The van der Waals surface area contributed by atoms with E-state index in [-0.39, 0.29) is 30.1 Å². The van der Waals surface area contributed by atoms with Crippen molar-refractivity contribution in [2.45, 2.75) is 24.9 Å². The molecule has 2 aromatic rings.